The van der Waals surface area contributed by atoms with Crippen molar-refractivity contribution in [3.05, 3.63) is 30.2 Å². The van der Waals surface area contributed by atoms with Crippen molar-refractivity contribution in [2.24, 2.45) is 5.73 Å². The second-order valence-corrected chi connectivity index (χ2v) is 4.72. The summed E-state index contributed by atoms with van der Waals surface area (Å²) in [5, 5.41) is 2.71. The van der Waals surface area contributed by atoms with Gasteiger partial charge in [-0.2, -0.15) is 0 Å². The lowest BCUT2D eigenvalue weighted by atomic mass is 10.3. The van der Waals surface area contributed by atoms with E-state index in [2.05, 4.69) is 10.3 Å². The number of nitrogens with one attached hydrogen (secondary N) is 1. The Morgan fingerprint density at radius 3 is 2.86 bits per heavy atom. The van der Waals surface area contributed by atoms with E-state index in [0.717, 1.165) is 16.0 Å². The Hall–Kier alpha value is -2.57. The van der Waals surface area contributed by atoms with E-state index in [1.165, 1.54) is 7.05 Å². The number of fused-ring (bicyclic) bond motifs is 1. The van der Waals surface area contributed by atoms with Crippen LogP contribution in [0.5, 0.6) is 0 Å². The van der Waals surface area contributed by atoms with Gasteiger partial charge in [-0.25, -0.2) is 9.78 Å². The molecule has 2 rings (SSSR count). The summed E-state index contributed by atoms with van der Waals surface area (Å²) >= 11 is 0. The lowest BCUT2D eigenvalue weighted by Gasteiger charge is -2.13. The molecule has 7 heteroatoms. The monoisotopic (exact) mass is 290 g/mol. The number of nitrogens with zero attached hydrogens (tertiary/aromatic N) is 2. The number of nitrogens with two attached hydrogens (primary N) is 1. The molecule has 0 aliphatic rings. The third-order valence-corrected chi connectivity index (χ3v) is 2.98. The first-order valence-electron chi connectivity index (χ1n) is 6.68. The van der Waals surface area contributed by atoms with Gasteiger partial charge in [-0.1, -0.05) is 12.1 Å². The van der Waals surface area contributed by atoms with E-state index in [1.54, 1.807) is 0 Å². The number of primary amides is 1. The van der Waals surface area contributed by atoms with E-state index >= 15 is 0 Å². The first-order valence-corrected chi connectivity index (χ1v) is 6.68. The largest absolute Gasteiger partial charge is 0.441 e. The highest BCUT2D eigenvalue weighted by molar-refractivity contribution is 5.83. The number of aromatic nitrogens is 1. The Morgan fingerprint density at radius 1 is 1.38 bits per heavy atom. The number of benzene rings is 1. The predicted molar refractivity (Wildman–Crippen MR) is 77.6 cm³/mol. The van der Waals surface area contributed by atoms with Crippen molar-refractivity contribution in [1.82, 2.24) is 15.2 Å². The van der Waals surface area contributed by atoms with Crippen LogP contribution in [-0.2, 0) is 11.2 Å². The normalized spacial score (nSPS) is 10.5. The molecule has 1 aromatic carbocycles. The maximum Gasteiger partial charge on any atom is 0.314 e. The third kappa shape index (κ3) is 4.20. The minimum absolute atomic E-state index is 0.0434. The van der Waals surface area contributed by atoms with E-state index < -0.39 is 6.03 Å². The summed E-state index contributed by atoms with van der Waals surface area (Å²) in [4.78, 5) is 27.8. The van der Waals surface area contributed by atoms with Crippen LogP contribution in [0.2, 0.25) is 0 Å². The van der Waals surface area contributed by atoms with Gasteiger partial charge >= 0.3 is 6.03 Å². The molecule has 7 nitrogen and oxygen atoms in total. The van der Waals surface area contributed by atoms with Crippen LogP contribution in [0.4, 0.5) is 4.79 Å². The van der Waals surface area contributed by atoms with E-state index in [0.29, 0.717) is 25.3 Å². The molecule has 0 saturated heterocycles. The Bertz CT molecular complexity index is 605. The highest BCUT2D eigenvalue weighted by atomic mass is 16.3. The van der Waals surface area contributed by atoms with Gasteiger partial charge < -0.3 is 20.4 Å². The smallest absolute Gasteiger partial charge is 0.314 e. The van der Waals surface area contributed by atoms with E-state index in [-0.39, 0.29) is 12.5 Å². The number of amides is 3. The van der Waals surface area contributed by atoms with Gasteiger partial charge in [-0.3, -0.25) is 4.79 Å². The zero-order valence-corrected chi connectivity index (χ0v) is 11.8. The Kier molecular flexibility index (Phi) is 4.76. The van der Waals surface area contributed by atoms with Crippen molar-refractivity contribution >= 4 is 23.0 Å². The number of likely N-dealkylation sites (N-methyl/N-ethyl adjacent to an activating group) is 1. The van der Waals surface area contributed by atoms with Gasteiger partial charge in [0.25, 0.3) is 0 Å². The Balaban J connectivity index is 1.72. The summed E-state index contributed by atoms with van der Waals surface area (Å²) in [6.45, 7) is 0.447. The first kappa shape index (κ1) is 14.8. The van der Waals surface area contributed by atoms with Gasteiger partial charge in [0.2, 0.25) is 5.91 Å². The van der Waals surface area contributed by atoms with Gasteiger partial charge in [-0.15, -0.1) is 0 Å². The number of rotatable bonds is 6. The molecule has 3 N–H and O–H groups in total. The fraction of sp³-hybridized carbons (Fsp3) is 0.357. The van der Waals surface area contributed by atoms with Gasteiger partial charge in [0.1, 0.15) is 12.1 Å². The standard InChI is InChI=1S/C14H18N4O3/c1-18(14(15)20)9-12(19)16-8-4-7-13-17-10-5-2-3-6-11(10)21-13/h2-3,5-6H,4,7-9H2,1H3,(H2,15,20)(H,16,19). The zero-order valence-electron chi connectivity index (χ0n) is 11.8. The van der Waals surface area contributed by atoms with Crippen LogP contribution in [-0.4, -0.2) is 42.0 Å². The molecule has 0 spiro atoms. The van der Waals surface area contributed by atoms with Crippen molar-refractivity contribution in [1.29, 1.82) is 0 Å². The quantitative estimate of drug-likeness (QED) is 0.771. The molecule has 0 radical (unpaired) electrons. The number of carbonyl (C=O) groups is 2. The number of hydrogen-bond acceptors (Lipinski definition) is 4. The molecular formula is C14H18N4O3. The third-order valence-electron chi connectivity index (χ3n) is 2.98. The summed E-state index contributed by atoms with van der Waals surface area (Å²) in [6.07, 6.45) is 1.35. The molecule has 0 aliphatic carbocycles. The molecule has 3 amide bonds. The molecule has 0 bridgehead atoms. The number of carbonyl (C=O) groups excluding carboxylic acids is 2. The number of oxazole rings is 1. The highest BCUT2D eigenvalue weighted by Gasteiger charge is 2.09. The van der Waals surface area contributed by atoms with Crippen molar-refractivity contribution in [3.8, 4) is 0 Å². The van der Waals surface area contributed by atoms with Crippen LogP contribution in [0.15, 0.2) is 28.7 Å². The van der Waals surface area contributed by atoms with Crippen molar-refractivity contribution in [3.63, 3.8) is 0 Å². The minimum Gasteiger partial charge on any atom is -0.441 e. The zero-order chi connectivity index (χ0) is 15.2. The molecule has 112 valence electrons. The molecular weight excluding hydrogens is 272 g/mol. The predicted octanol–water partition coefficient (Wildman–Crippen LogP) is 0.887. The maximum absolute atomic E-state index is 11.5. The van der Waals surface area contributed by atoms with Gasteiger partial charge in [0.15, 0.2) is 11.5 Å². The molecule has 2 aromatic rings. The second kappa shape index (κ2) is 6.74. The second-order valence-electron chi connectivity index (χ2n) is 4.72. The topological polar surface area (TPSA) is 101 Å². The molecule has 0 atom stereocenters. The summed E-state index contributed by atoms with van der Waals surface area (Å²) in [6, 6.07) is 6.94. The first-order chi connectivity index (χ1) is 10.1. The van der Waals surface area contributed by atoms with Crippen LogP contribution in [0.1, 0.15) is 12.3 Å². The fourth-order valence-electron chi connectivity index (χ4n) is 1.84. The number of urea groups is 1. The molecule has 0 aliphatic heterocycles. The van der Waals surface area contributed by atoms with E-state index in [4.69, 9.17) is 10.2 Å². The van der Waals surface area contributed by atoms with Crippen molar-refractivity contribution in [2.45, 2.75) is 12.8 Å². The van der Waals surface area contributed by atoms with Gasteiger partial charge in [0.05, 0.1) is 0 Å². The van der Waals surface area contributed by atoms with Crippen LogP contribution < -0.4 is 11.1 Å². The minimum atomic E-state index is -0.628. The Morgan fingerprint density at radius 2 is 2.14 bits per heavy atom. The Labute approximate surface area is 122 Å². The lowest BCUT2D eigenvalue weighted by Crippen LogP contribution is -2.41. The van der Waals surface area contributed by atoms with Crippen LogP contribution in [0, 0.1) is 0 Å². The number of para-hydroxylation sites is 2. The van der Waals surface area contributed by atoms with Crippen molar-refractivity contribution in [2.75, 3.05) is 20.1 Å². The molecule has 0 saturated carbocycles. The summed E-state index contributed by atoms with van der Waals surface area (Å²) < 4.78 is 5.58. The average molecular weight is 290 g/mol. The summed E-state index contributed by atoms with van der Waals surface area (Å²) in [7, 11) is 1.47. The number of aryl methyl sites for hydroxylation is 1. The summed E-state index contributed by atoms with van der Waals surface area (Å²) in [5.41, 5.74) is 6.63. The molecule has 0 fully saturated rings. The number of hydrogen-bond donors (Lipinski definition) is 2. The van der Waals surface area contributed by atoms with Crippen molar-refractivity contribution < 1.29 is 14.0 Å². The molecule has 1 aromatic heterocycles. The highest BCUT2D eigenvalue weighted by Crippen LogP contribution is 2.15. The maximum atomic E-state index is 11.5. The fourth-order valence-corrected chi connectivity index (χ4v) is 1.84. The lowest BCUT2D eigenvalue weighted by molar-refractivity contribution is -0.121. The summed E-state index contributed by atoms with van der Waals surface area (Å²) in [5.74, 6) is 0.411. The molecule has 21 heavy (non-hydrogen) atoms. The van der Waals surface area contributed by atoms with Crippen LogP contribution >= 0.6 is 0 Å². The van der Waals surface area contributed by atoms with Crippen LogP contribution in [0.3, 0.4) is 0 Å². The average Bonchev–Trinajstić information content (AvgIpc) is 2.86. The van der Waals surface area contributed by atoms with E-state index in [1.807, 2.05) is 24.3 Å². The SMILES string of the molecule is CN(CC(=O)NCCCc1nc2ccccc2o1)C(N)=O. The van der Waals surface area contributed by atoms with Gasteiger partial charge in [0, 0.05) is 20.0 Å². The molecule has 0 unspecified atom stereocenters. The van der Waals surface area contributed by atoms with E-state index in [9.17, 15) is 9.59 Å². The van der Waals surface area contributed by atoms with Crippen LogP contribution in [0.25, 0.3) is 11.1 Å². The molecule has 1 heterocycles. The van der Waals surface area contributed by atoms with Gasteiger partial charge in [-0.05, 0) is 18.6 Å².